The molecule has 1 saturated carbocycles. The first-order valence-electron chi connectivity index (χ1n) is 8.29. The number of fused-ring (bicyclic) bond motifs is 3. The summed E-state index contributed by atoms with van der Waals surface area (Å²) in [5.74, 6) is 1.25. The highest BCUT2D eigenvalue weighted by Crippen LogP contribution is 2.38. The molecule has 1 saturated heterocycles. The SMILES string of the molecule is CN(C)C=Nc1ncnc2c1ncn2[C@@H]1CC[C@H]2CC(=O)N[C@@H]1C2. The maximum atomic E-state index is 11.9. The maximum Gasteiger partial charge on any atom is 0.220 e. The van der Waals surface area contributed by atoms with Crippen molar-refractivity contribution in [1.29, 1.82) is 0 Å². The lowest BCUT2D eigenvalue weighted by atomic mass is 9.77. The number of imidazole rings is 1. The number of carbonyl (C=O) groups excluding carboxylic acids is 1. The summed E-state index contributed by atoms with van der Waals surface area (Å²) in [5.41, 5.74) is 1.47. The van der Waals surface area contributed by atoms with Crippen LogP contribution >= 0.6 is 0 Å². The van der Waals surface area contributed by atoms with Gasteiger partial charge in [-0.1, -0.05) is 0 Å². The van der Waals surface area contributed by atoms with Gasteiger partial charge in [-0.3, -0.25) is 4.79 Å². The van der Waals surface area contributed by atoms with Gasteiger partial charge in [-0.05, 0) is 25.2 Å². The Hall–Kier alpha value is -2.51. The fraction of sp³-hybridized carbons (Fsp3) is 0.562. The number of amides is 1. The van der Waals surface area contributed by atoms with Crippen molar-refractivity contribution in [1.82, 2.24) is 29.7 Å². The second-order valence-corrected chi connectivity index (χ2v) is 6.85. The van der Waals surface area contributed by atoms with Gasteiger partial charge in [0.15, 0.2) is 17.0 Å². The van der Waals surface area contributed by atoms with Crippen LogP contribution < -0.4 is 5.32 Å². The smallest absolute Gasteiger partial charge is 0.220 e. The van der Waals surface area contributed by atoms with Crippen LogP contribution in [0, 0.1) is 5.92 Å². The van der Waals surface area contributed by atoms with Crippen LogP contribution in [0.1, 0.15) is 31.7 Å². The molecule has 1 N–H and O–H groups in total. The predicted molar refractivity (Wildman–Crippen MR) is 90.1 cm³/mol. The monoisotopic (exact) mass is 327 g/mol. The van der Waals surface area contributed by atoms with Gasteiger partial charge in [-0.15, -0.1) is 0 Å². The van der Waals surface area contributed by atoms with Crippen molar-refractivity contribution in [2.75, 3.05) is 14.1 Å². The molecule has 8 nitrogen and oxygen atoms in total. The topological polar surface area (TPSA) is 88.3 Å². The highest BCUT2D eigenvalue weighted by Gasteiger charge is 2.38. The number of hydrogen-bond acceptors (Lipinski definition) is 5. The van der Waals surface area contributed by atoms with Crippen LogP contribution in [0.25, 0.3) is 11.2 Å². The van der Waals surface area contributed by atoms with Gasteiger partial charge in [0.1, 0.15) is 6.33 Å². The average molecular weight is 327 g/mol. The van der Waals surface area contributed by atoms with E-state index in [4.69, 9.17) is 0 Å². The standard InChI is InChI=1S/C16H21N7O/c1-22(2)8-20-15-14-16(18-7-17-15)23(9-19-14)12-4-3-10-5-11(12)21-13(24)6-10/h7-12H,3-6H2,1-2H3,(H,21,24)/t10-,11-,12-/m1/s1. The molecule has 0 aromatic carbocycles. The van der Waals surface area contributed by atoms with Gasteiger partial charge >= 0.3 is 0 Å². The molecular formula is C16H21N7O. The third-order valence-electron chi connectivity index (χ3n) is 4.85. The number of piperidine rings is 1. The molecule has 2 bridgehead atoms. The van der Waals surface area contributed by atoms with Crippen LogP contribution in [0.3, 0.4) is 0 Å². The molecule has 24 heavy (non-hydrogen) atoms. The number of carbonyl (C=O) groups is 1. The van der Waals surface area contributed by atoms with Gasteiger partial charge in [0.2, 0.25) is 5.91 Å². The van der Waals surface area contributed by atoms with Crippen molar-refractivity contribution in [3.8, 4) is 0 Å². The van der Waals surface area contributed by atoms with E-state index in [0.717, 1.165) is 24.9 Å². The maximum absolute atomic E-state index is 11.9. The Kier molecular flexibility index (Phi) is 3.66. The molecule has 1 aliphatic heterocycles. The van der Waals surface area contributed by atoms with E-state index in [0.29, 0.717) is 23.7 Å². The zero-order chi connectivity index (χ0) is 16.7. The first kappa shape index (κ1) is 15.0. The molecular weight excluding hydrogens is 306 g/mol. The molecule has 0 spiro atoms. The van der Waals surface area contributed by atoms with Gasteiger partial charge in [-0.25, -0.2) is 19.9 Å². The molecule has 2 aromatic rings. The normalized spacial score (nSPS) is 26.8. The van der Waals surface area contributed by atoms with Crippen molar-refractivity contribution < 1.29 is 4.79 Å². The summed E-state index contributed by atoms with van der Waals surface area (Å²) in [4.78, 5) is 31.2. The zero-order valence-electron chi connectivity index (χ0n) is 13.9. The van der Waals surface area contributed by atoms with Crippen molar-refractivity contribution >= 4 is 29.2 Å². The van der Waals surface area contributed by atoms with Gasteiger partial charge in [0.25, 0.3) is 0 Å². The summed E-state index contributed by atoms with van der Waals surface area (Å²) < 4.78 is 2.08. The predicted octanol–water partition coefficient (Wildman–Crippen LogP) is 1.28. The molecule has 8 heteroatoms. The first-order chi connectivity index (χ1) is 11.6. The lowest BCUT2D eigenvalue weighted by Crippen LogP contribution is -2.49. The second-order valence-electron chi connectivity index (χ2n) is 6.85. The highest BCUT2D eigenvalue weighted by atomic mass is 16.1. The molecule has 4 rings (SSSR count). The van der Waals surface area contributed by atoms with Crippen LogP contribution in [-0.4, -0.2) is 56.8 Å². The second kappa shape index (κ2) is 5.85. The molecule has 2 fully saturated rings. The molecule has 0 radical (unpaired) electrons. The minimum atomic E-state index is 0.158. The van der Waals surface area contributed by atoms with E-state index in [2.05, 4.69) is 29.8 Å². The third kappa shape index (κ3) is 2.61. The van der Waals surface area contributed by atoms with Gasteiger partial charge in [0, 0.05) is 26.6 Å². The number of nitrogens with one attached hydrogen (secondary N) is 1. The summed E-state index contributed by atoms with van der Waals surface area (Å²) in [6.07, 6.45) is 8.83. The van der Waals surface area contributed by atoms with Crippen molar-refractivity contribution in [2.24, 2.45) is 10.9 Å². The lowest BCUT2D eigenvalue weighted by Gasteiger charge is -2.40. The Labute approximate surface area is 140 Å². The number of aromatic nitrogens is 4. The van der Waals surface area contributed by atoms with Crippen LogP contribution in [-0.2, 0) is 4.79 Å². The van der Waals surface area contributed by atoms with Gasteiger partial charge in [-0.2, -0.15) is 0 Å². The minimum Gasteiger partial charge on any atom is -0.369 e. The fourth-order valence-electron chi connectivity index (χ4n) is 3.79. The minimum absolute atomic E-state index is 0.158. The van der Waals surface area contributed by atoms with Crippen LogP contribution in [0.2, 0.25) is 0 Å². The highest BCUT2D eigenvalue weighted by molar-refractivity contribution is 5.83. The van der Waals surface area contributed by atoms with E-state index in [9.17, 15) is 4.79 Å². The van der Waals surface area contributed by atoms with Gasteiger partial charge in [0.05, 0.1) is 18.7 Å². The Morgan fingerprint density at radius 3 is 3.04 bits per heavy atom. The Bertz CT molecular complexity index is 797. The summed E-state index contributed by atoms with van der Waals surface area (Å²) in [6, 6.07) is 0.349. The van der Waals surface area contributed by atoms with E-state index in [1.165, 1.54) is 6.33 Å². The number of rotatable bonds is 3. The van der Waals surface area contributed by atoms with Crippen LogP contribution in [0.5, 0.6) is 0 Å². The van der Waals surface area contributed by atoms with Crippen molar-refractivity contribution in [3.05, 3.63) is 12.7 Å². The summed E-state index contributed by atoms with van der Waals surface area (Å²) in [5, 5.41) is 3.14. The van der Waals surface area contributed by atoms with Crippen LogP contribution in [0.4, 0.5) is 5.82 Å². The first-order valence-corrected chi connectivity index (χ1v) is 8.29. The lowest BCUT2D eigenvalue weighted by molar-refractivity contribution is -0.126. The Morgan fingerprint density at radius 2 is 2.21 bits per heavy atom. The van der Waals surface area contributed by atoms with Crippen molar-refractivity contribution in [2.45, 2.75) is 37.8 Å². The number of hydrogen-bond donors (Lipinski definition) is 1. The van der Waals surface area contributed by atoms with Crippen molar-refractivity contribution in [3.63, 3.8) is 0 Å². The zero-order valence-corrected chi connectivity index (χ0v) is 13.9. The Balaban J connectivity index is 1.70. The average Bonchev–Trinajstić information content (AvgIpc) is 2.97. The molecule has 1 aliphatic carbocycles. The quantitative estimate of drug-likeness (QED) is 0.677. The summed E-state index contributed by atoms with van der Waals surface area (Å²) in [7, 11) is 3.81. The third-order valence-corrected chi connectivity index (χ3v) is 4.85. The molecule has 126 valence electrons. The molecule has 3 atom stereocenters. The van der Waals surface area contributed by atoms with E-state index in [-0.39, 0.29) is 18.0 Å². The molecule has 2 aliphatic rings. The Morgan fingerprint density at radius 1 is 1.33 bits per heavy atom. The van der Waals surface area contributed by atoms with E-state index >= 15 is 0 Å². The number of aliphatic imine (C=N–C) groups is 1. The molecule has 2 aromatic heterocycles. The summed E-state index contributed by atoms with van der Waals surface area (Å²) in [6.45, 7) is 0. The van der Waals surface area contributed by atoms with Crippen LogP contribution in [0.15, 0.2) is 17.6 Å². The van der Waals surface area contributed by atoms with E-state index < -0.39 is 0 Å². The fourth-order valence-corrected chi connectivity index (χ4v) is 3.79. The van der Waals surface area contributed by atoms with E-state index in [1.54, 1.807) is 12.7 Å². The molecule has 3 heterocycles. The molecule has 1 amide bonds. The largest absolute Gasteiger partial charge is 0.369 e. The van der Waals surface area contributed by atoms with E-state index in [1.807, 2.05) is 19.0 Å². The summed E-state index contributed by atoms with van der Waals surface area (Å²) >= 11 is 0. The van der Waals surface area contributed by atoms with Gasteiger partial charge < -0.3 is 14.8 Å². The molecule has 0 unspecified atom stereocenters. The number of nitrogens with zero attached hydrogens (tertiary/aromatic N) is 6.